The molecule has 0 bridgehead atoms. The maximum atomic E-state index is 9.89. The van der Waals surface area contributed by atoms with Crippen LogP contribution in [0.4, 0.5) is 0 Å². The monoisotopic (exact) mass is 263 g/mol. The van der Waals surface area contributed by atoms with Crippen LogP contribution < -0.4 is 5.32 Å². The lowest BCUT2D eigenvalue weighted by Crippen LogP contribution is -2.36. The average Bonchev–Trinajstić information content (AvgIpc) is 2.43. The Labute approximate surface area is 115 Å². The van der Waals surface area contributed by atoms with Crippen molar-refractivity contribution >= 4 is 0 Å². The maximum Gasteiger partial charge on any atom is 0.138 e. The molecule has 4 nitrogen and oxygen atoms in total. The van der Waals surface area contributed by atoms with E-state index in [0.29, 0.717) is 5.75 Å². The number of aromatic hydroxyl groups is 1. The van der Waals surface area contributed by atoms with Crippen LogP contribution in [0.5, 0.6) is 5.75 Å². The van der Waals surface area contributed by atoms with Gasteiger partial charge in [0.2, 0.25) is 0 Å². The van der Waals surface area contributed by atoms with Crippen molar-refractivity contribution in [2.45, 2.75) is 33.2 Å². The number of piperidine rings is 1. The SMILES string of the molecule is CCN(Cc1nc(C)ccc1O)CC1CCNCC1. The standard InChI is InChI=1S/C15H25N3O/c1-3-18(10-13-6-8-16-9-7-13)11-14-15(19)5-4-12(2)17-14/h4-5,13,16,19H,3,6-11H2,1-2H3. The molecular formula is C15H25N3O. The summed E-state index contributed by atoms with van der Waals surface area (Å²) in [6.07, 6.45) is 2.51. The second-order valence-electron chi connectivity index (χ2n) is 5.44. The van der Waals surface area contributed by atoms with Crippen LogP contribution in [0.1, 0.15) is 31.2 Å². The van der Waals surface area contributed by atoms with Crippen LogP contribution in [-0.4, -0.2) is 41.2 Å². The Kier molecular flexibility index (Phi) is 5.16. The Hall–Kier alpha value is -1.13. The minimum absolute atomic E-state index is 0.314. The van der Waals surface area contributed by atoms with E-state index in [-0.39, 0.29) is 0 Å². The third-order valence-corrected chi connectivity index (χ3v) is 3.89. The van der Waals surface area contributed by atoms with E-state index < -0.39 is 0 Å². The molecule has 2 rings (SSSR count). The highest BCUT2D eigenvalue weighted by molar-refractivity contribution is 5.27. The third kappa shape index (κ3) is 4.18. The molecule has 1 aliphatic rings. The van der Waals surface area contributed by atoms with Crippen molar-refractivity contribution in [3.8, 4) is 5.75 Å². The predicted molar refractivity (Wildman–Crippen MR) is 77.2 cm³/mol. The third-order valence-electron chi connectivity index (χ3n) is 3.89. The minimum atomic E-state index is 0.314. The molecule has 0 amide bonds. The molecule has 1 aromatic heterocycles. The topological polar surface area (TPSA) is 48.4 Å². The summed E-state index contributed by atoms with van der Waals surface area (Å²) in [6.45, 7) is 9.26. The summed E-state index contributed by atoms with van der Waals surface area (Å²) >= 11 is 0. The first-order chi connectivity index (χ1) is 9.19. The van der Waals surface area contributed by atoms with E-state index in [9.17, 15) is 5.11 Å². The fourth-order valence-corrected chi connectivity index (χ4v) is 2.67. The lowest BCUT2D eigenvalue weighted by atomic mass is 9.97. The highest BCUT2D eigenvalue weighted by atomic mass is 16.3. The molecule has 106 valence electrons. The van der Waals surface area contributed by atoms with Crippen molar-refractivity contribution in [3.63, 3.8) is 0 Å². The van der Waals surface area contributed by atoms with Gasteiger partial charge in [-0.25, -0.2) is 0 Å². The zero-order chi connectivity index (χ0) is 13.7. The first-order valence-corrected chi connectivity index (χ1v) is 7.27. The molecule has 1 fully saturated rings. The number of rotatable bonds is 5. The zero-order valence-corrected chi connectivity index (χ0v) is 12.0. The van der Waals surface area contributed by atoms with Gasteiger partial charge in [-0.1, -0.05) is 6.92 Å². The molecule has 19 heavy (non-hydrogen) atoms. The van der Waals surface area contributed by atoms with Crippen molar-refractivity contribution in [2.75, 3.05) is 26.2 Å². The Morgan fingerprint density at radius 3 is 2.79 bits per heavy atom. The van der Waals surface area contributed by atoms with E-state index in [1.54, 1.807) is 6.07 Å². The largest absolute Gasteiger partial charge is 0.506 e. The van der Waals surface area contributed by atoms with Gasteiger partial charge in [0, 0.05) is 18.8 Å². The molecule has 1 saturated heterocycles. The Morgan fingerprint density at radius 2 is 2.11 bits per heavy atom. The van der Waals surface area contributed by atoms with E-state index in [1.807, 2.05) is 13.0 Å². The summed E-state index contributed by atoms with van der Waals surface area (Å²) in [6, 6.07) is 3.60. The molecular weight excluding hydrogens is 238 g/mol. The molecule has 0 spiro atoms. The lowest BCUT2D eigenvalue weighted by molar-refractivity contribution is 0.203. The van der Waals surface area contributed by atoms with Crippen molar-refractivity contribution in [1.82, 2.24) is 15.2 Å². The predicted octanol–water partition coefficient (Wildman–Crippen LogP) is 1.92. The van der Waals surface area contributed by atoms with Gasteiger partial charge in [0.15, 0.2) is 0 Å². The summed E-state index contributed by atoms with van der Waals surface area (Å²) in [5, 5.41) is 13.3. The molecule has 0 unspecified atom stereocenters. The zero-order valence-electron chi connectivity index (χ0n) is 12.0. The Balaban J connectivity index is 1.95. The van der Waals surface area contributed by atoms with Crippen LogP contribution in [-0.2, 0) is 6.54 Å². The van der Waals surface area contributed by atoms with Gasteiger partial charge in [0.05, 0.1) is 5.69 Å². The average molecular weight is 263 g/mol. The number of pyridine rings is 1. The smallest absolute Gasteiger partial charge is 0.138 e. The van der Waals surface area contributed by atoms with Gasteiger partial charge in [-0.15, -0.1) is 0 Å². The van der Waals surface area contributed by atoms with Gasteiger partial charge >= 0.3 is 0 Å². The van der Waals surface area contributed by atoms with Gasteiger partial charge in [-0.3, -0.25) is 9.88 Å². The van der Waals surface area contributed by atoms with Crippen LogP contribution in [0.15, 0.2) is 12.1 Å². The van der Waals surface area contributed by atoms with Crippen LogP contribution in [0, 0.1) is 12.8 Å². The summed E-state index contributed by atoms with van der Waals surface area (Å²) in [5.74, 6) is 1.09. The van der Waals surface area contributed by atoms with E-state index in [1.165, 1.54) is 12.8 Å². The van der Waals surface area contributed by atoms with Gasteiger partial charge in [-0.2, -0.15) is 0 Å². The molecule has 1 aromatic rings. The molecule has 0 radical (unpaired) electrons. The van der Waals surface area contributed by atoms with Gasteiger partial charge in [0.1, 0.15) is 5.75 Å². The number of hydrogen-bond acceptors (Lipinski definition) is 4. The summed E-state index contributed by atoms with van der Waals surface area (Å²) < 4.78 is 0. The van der Waals surface area contributed by atoms with Gasteiger partial charge in [0.25, 0.3) is 0 Å². The van der Waals surface area contributed by atoms with E-state index >= 15 is 0 Å². The van der Waals surface area contributed by atoms with Crippen LogP contribution in [0.25, 0.3) is 0 Å². The molecule has 0 aliphatic carbocycles. The molecule has 1 aliphatic heterocycles. The first-order valence-electron chi connectivity index (χ1n) is 7.27. The normalized spacial score (nSPS) is 17.0. The number of hydrogen-bond donors (Lipinski definition) is 2. The van der Waals surface area contributed by atoms with Crippen molar-refractivity contribution < 1.29 is 5.11 Å². The highest BCUT2D eigenvalue weighted by Gasteiger charge is 2.17. The maximum absolute atomic E-state index is 9.89. The Bertz CT molecular complexity index is 402. The summed E-state index contributed by atoms with van der Waals surface area (Å²) in [4.78, 5) is 6.84. The van der Waals surface area contributed by atoms with E-state index in [0.717, 1.165) is 50.0 Å². The van der Waals surface area contributed by atoms with Crippen molar-refractivity contribution in [2.24, 2.45) is 5.92 Å². The fraction of sp³-hybridized carbons (Fsp3) is 0.667. The van der Waals surface area contributed by atoms with E-state index in [2.05, 4.69) is 22.1 Å². The fourth-order valence-electron chi connectivity index (χ4n) is 2.67. The van der Waals surface area contributed by atoms with Crippen LogP contribution >= 0.6 is 0 Å². The first kappa shape index (κ1) is 14.3. The second kappa shape index (κ2) is 6.87. The van der Waals surface area contributed by atoms with E-state index in [4.69, 9.17) is 0 Å². The van der Waals surface area contributed by atoms with Gasteiger partial charge < -0.3 is 10.4 Å². The molecule has 2 heterocycles. The number of nitrogens with zero attached hydrogens (tertiary/aromatic N) is 2. The van der Waals surface area contributed by atoms with Gasteiger partial charge in [-0.05, 0) is 57.5 Å². The minimum Gasteiger partial charge on any atom is -0.506 e. The molecule has 0 atom stereocenters. The number of aromatic nitrogens is 1. The highest BCUT2D eigenvalue weighted by Crippen LogP contribution is 2.19. The lowest BCUT2D eigenvalue weighted by Gasteiger charge is -2.29. The van der Waals surface area contributed by atoms with Crippen LogP contribution in [0.2, 0.25) is 0 Å². The number of aryl methyl sites for hydroxylation is 1. The van der Waals surface area contributed by atoms with Crippen LogP contribution in [0.3, 0.4) is 0 Å². The molecule has 2 N–H and O–H groups in total. The van der Waals surface area contributed by atoms with Crippen molar-refractivity contribution in [1.29, 1.82) is 0 Å². The molecule has 4 heteroatoms. The molecule has 0 aromatic carbocycles. The summed E-state index contributed by atoms with van der Waals surface area (Å²) in [5.41, 5.74) is 1.77. The van der Waals surface area contributed by atoms with Crippen molar-refractivity contribution in [3.05, 3.63) is 23.5 Å². The Morgan fingerprint density at radius 1 is 1.37 bits per heavy atom. The molecule has 0 saturated carbocycles. The second-order valence-corrected chi connectivity index (χ2v) is 5.44. The number of nitrogens with one attached hydrogen (secondary N) is 1. The quantitative estimate of drug-likeness (QED) is 0.852. The summed E-state index contributed by atoms with van der Waals surface area (Å²) in [7, 11) is 0.